The summed E-state index contributed by atoms with van der Waals surface area (Å²) in [6.45, 7) is 0.260. The fourth-order valence-electron chi connectivity index (χ4n) is 3.77. The Morgan fingerprint density at radius 2 is 1.83 bits per heavy atom. The van der Waals surface area contributed by atoms with Crippen molar-refractivity contribution in [2.24, 2.45) is 5.10 Å². The smallest absolute Gasteiger partial charge is 0.307 e. The Morgan fingerprint density at radius 3 is 2.67 bits per heavy atom. The standard InChI is InChI=1S/C27H18ClN3O5/c28-23-8-4-2-6-18(23)16-35-25-11-9-17-5-1-3-7-21(17)22(25)15-29-30-27(32)26-14-19-13-20(31(33)34)10-12-24(19)36-26/h1-15H,16H2,(H,30,32)/b29-15+. The van der Waals surface area contributed by atoms with Crippen LogP contribution >= 0.6 is 11.6 Å². The summed E-state index contributed by atoms with van der Waals surface area (Å²) < 4.78 is 11.6. The molecule has 1 N–H and O–H groups in total. The maximum absolute atomic E-state index is 12.6. The molecule has 36 heavy (non-hydrogen) atoms. The lowest BCUT2D eigenvalue weighted by molar-refractivity contribution is -0.384. The van der Waals surface area contributed by atoms with Crippen LogP contribution < -0.4 is 10.2 Å². The maximum Gasteiger partial charge on any atom is 0.307 e. The van der Waals surface area contributed by atoms with Crippen LogP contribution in [0.4, 0.5) is 5.69 Å². The summed E-state index contributed by atoms with van der Waals surface area (Å²) in [5.41, 5.74) is 4.24. The predicted octanol–water partition coefficient (Wildman–Crippen LogP) is 6.49. The largest absolute Gasteiger partial charge is 0.488 e. The highest BCUT2D eigenvalue weighted by atomic mass is 35.5. The van der Waals surface area contributed by atoms with E-state index in [2.05, 4.69) is 10.5 Å². The first-order valence-electron chi connectivity index (χ1n) is 10.9. The zero-order valence-electron chi connectivity index (χ0n) is 18.7. The van der Waals surface area contributed by atoms with Crippen LogP contribution in [-0.4, -0.2) is 17.0 Å². The number of hydrogen-bond acceptors (Lipinski definition) is 6. The van der Waals surface area contributed by atoms with E-state index in [1.807, 2.05) is 54.6 Å². The molecule has 0 fully saturated rings. The second-order valence-corrected chi connectivity index (χ2v) is 8.27. The van der Waals surface area contributed by atoms with Gasteiger partial charge >= 0.3 is 5.91 Å². The maximum atomic E-state index is 12.6. The minimum atomic E-state index is -0.594. The molecule has 9 heteroatoms. The molecule has 0 bridgehead atoms. The molecule has 5 aromatic rings. The number of ether oxygens (including phenoxy) is 1. The summed E-state index contributed by atoms with van der Waals surface area (Å²) in [4.78, 5) is 23.1. The van der Waals surface area contributed by atoms with Gasteiger partial charge < -0.3 is 9.15 Å². The van der Waals surface area contributed by atoms with Crippen molar-refractivity contribution in [3.8, 4) is 5.75 Å². The highest BCUT2D eigenvalue weighted by molar-refractivity contribution is 6.31. The van der Waals surface area contributed by atoms with Crippen LogP contribution in [0.25, 0.3) is 21.7 Å². The van der Waals surface area contributed by atoms with Gasteiger partial charge in [-0.05, 0) is 35.0 Å². The van der Waals surface area contributed by atoms with Crippen molar-refractivity contribution in [2.75, 3.05) is 0 Å². The molecule has 0 saturated heterocycles. The van der Waals surface area contributed by atoms with Gasteiger partial charge in [0.05, 0.1) is 11.1 Å². The summed E-state index contributed by atoms with van der Waals surface area (Å²) in [6, 6.07) is 24.5. The molecule has 0 saturated carbocycles. The first-order chi connectivity index (χ1) is 17.5. The Balaban J connectivity index is 1.39. The molecule has 0 unspecified atom stereocenters. The summed E-state index contributed by atoms with van der Waals surface area (Å²) >= 11 is 6.26. The van der Waals surface area contributed by atoms with Crippen molar-refractivity contribution in [3.63, 3.8) is 0 Å². The number of hydrazone groups is 1. The number of nitrogens with zero attached hydrogens (tertiary/aromatic N) is 2. The van der Waals surface area contributed by atoms with Crippen LogP contribution in [0, 0.1) is 10.1 Å². The zero-order chi connectivity index (χ0) is 25.1. The third kappa shape index (κ3) is 4.75. The Hall–Kier alpha value is -4.69. The fraction of sp³-hybridized carbons (Fsp3) is 0.0370. The topological polar surface area (TPSA) is 107 Å². The van der Waals surface area contributed by atoms with Gasteiger partial charge in [-0.15, -0.1) is 0 Å². The number of non-ortho nitro benzene ring substituents is 1. The molecule has 178 valence electrons. The third-order valence-corrected chi connectivity index (χ3v) is 5.93. The number of amides is 1. The lowest BCUT2D eigenvalue weighted by Crippen LogP contribution is -2.16. The average molecular weight is 500 g/mol. The van der Waals surface area contributed by atoms with Gasteiger partial charge in [0, 0.05) is 33.7 Å². The molecule has 0 aliphatic rings. The fourth-order valence-corrected chi connectivity index (χ4v) is 3.96. The number of nitro benzene ring substituents is 1. The third-order valence-electron chi connectivity index (χ3n) is 5.57. The van der Waals surface area contributed by atoms with Crippen molar-refractivity contribution in [3.05, 3.63) is 117 Å². The minimum Gasteiger partial charge on any atom is -0.488 e. The van der Waals surface area contributed by atoms with Crippen LogP contribution in [0.1, 0.15) is 21.7 Å². The van der Waals surface area contributed by atoms with E-state index in [0.29, 0.717) is 27.3 Å². The lowest BCUT2D eigenvalue weighted by atomic mass is 10.0. The number of hydrogen-bond donors (Lipinski definition) is 1. The molecule has 5 rings (SSSR count). The van der Waals surface area contributed by atoms with Crippen molar-refractivity contribution in [1.82, 2.24) is 5.43 Å². The van der Waals surface area contributed by atoms with Gasteiger partial charge in [0.25, 0.3) is 5.69 Å². The second kappa shape index (κ2) is 9.89. The molecule has 1 amide bonds. The molecule has 4 aromatic carbocycles. The van der Waals surface area contributed by atoms with Crippen LogP contribution in [-0.2, 0) is 6.61 Å². The normalized spacial score (nSPS) is 11.2. The van der Waals surface area contributed by atoms with E-state index in [9.17, 15) is 14.9 Å². The molecular formula is C27H18ClN3O5. The first kappa shape index (κ1) is 23.1. The molecule has 0 aliphatic carbocycles. The van der Waals surface area contributed by atoms with Gasteiger partial charge in [0.1, 0.15) is 17.9 Å². The van der Waals surface area contributed by atoms with E-state index in [4.69, 9.17) is 20.8 Å². The van der Waals surface area contributed by atoms with Gasteiger partial charge in [0.15, 0.2) is 5.76 Å². The SMILES string of the molecule is O=C(N/N=C/c1c(OCc2ccccc2Cl)ccc2ccccc12)c1cc2cc([N+](=O)[O-])ccc2o1. The molecule has 1 heterocycles. The molecule has 0 aliphatic heterocycles. The summed E-state index contributed by atoms with van der Waals surface area (Å²) in [5.74, 6) is -0.0395. The van der Waals surface area contributed by atoms with Gasteiger partial charge in [-0.3, -0.25) is 14.9 Å². The highest BCUT2D eigenvalue weighted by Crippen LogP contribution is 2.28. The van der Waals surface area contributed by atoms with E-state index in [-0.39, 0.29) is 18.1 Å². The van der Waals surface area contributed by atoms with E-state index < -0.39 is 10.8 Å². The summed E-state index contributed by atoms with van der Waals surface area (Å²) in [7, 11) is 0. The lowest BCUT2D eigenvalue weighted by Gasteiger charge is -2.12. The minimum absolute atomic E-state index is 0.0178. The van der Waals surface area contributed by atoms with Crippen LogP contribution in [0.2, 0.25) is 5.02 Å². The highest BCUT2D eigenvalue weighted by Gasteiger charge is 2.15. The predicted molar refractivity (Wildman–Crippen MR) is 138 cm³/mol. The molecule has 0 atom stereocenters. The number of carbonyl (C=O) groups excluding carboxylic acids is 1. The first-order valence-corrected chi connectivity index (χ1v) is 11.3. The number of nitro groups is 1. The zero-order valence-corrected chi connectivity index (χ0v) is 19.4. The van der Waals surface area contributed by atoms with Crippen molar-refractivity contribution in [2.45, 2.75) is 6.61 Å². The summed E-state index contributed by atoms with van der Waals surface area (Å²) in [6.07, 6.45) is 1.51. The molecule has 8 nitrogen and oxygen atoms in total. The number of halogens is 1. The molecule has 0 spiro atoms. The van der Waals surface area contributed by atoms with Crippen molar-refractivity contribution >= 4 is 51.2 Å². The number of rotatable bonds is 7. The van der Waals surface area contributed by atoms with E-state index in [0.717, 1.165) is 16.3 Å². The number of nitrogens with one attached hydrogen (secondary N) is 1. The monoisotopic (exact) mass is 499 g/mol. The Kier molecular flexibility index (Phi) is 6.34. The number of furan rings is 1. The number of benzene rings is 4. The molecule has 1 aromatic heterocycles. The average Bonchev–Trinajstić information content (AvgIpc) is 3.32. The molecular weight excluding hydrogens is 482 g/mol. The van der Waals surface area contributed by atoms with E-state index >= 15 is 0 Å². The van der Waals surface area contributed by atoms with Crippen LogP contribution in [0.15, 0.2) is 94.4 Å². The second-order valence-electron chi connectivity index (χ2n) is 7.87. The Morgan fingerprint density at radius 1 is 1.03 bits per heavy atom. The van der Waals surface area contributed by atoms with Crippen molar-refractivity contribution < 1.29 is 18.9 Å². The number of carbonyl (C=O) groups is 1. The number of fused-ring (bicyclic) bond motifs is 2. The quantitative estimate of drug-likeness (QED) is 0.156. The van der Waals surface area contributed by atoms with Crippen LogP contribution in [0.5, 0.6) is 5.75 Å². The van der Waals surface area contributed by atoms with Crippen molar-refractivity contribution in [1.29, 1.82) is 0 Å². The van der Waals surface area contributed by atoms with Crippen LogP contribution in [0.3, 0.4) is 0 Å². The van der Waals surface area contributed by atoms with Gasteiger partial charge in [-0.1, -0.05) is 60.1 Å². The van der Waals surface area contributed by atoms with E-state index in [1.54, 1.807) is 6.07 Å². The summed E-state index contributed by atoms with van der Waals surface area (Å²) in [5, 5.41) is 18.0. The molecule has 0 radical (unpaired) electrons. The van der Waals surface area contributed by atoms with Gasteiger partial charge in [-0.25, -0.2) is 5.43 Å². The Labute approximate surface area is 209 Å². The Bertz CT molecular complexity index is 1640. The van der Waals surface area contributed by atoms with Gasteiger partial charge in [0.2, 0.25) is 0 Å². The van der Waals surface area contributed by atoms with Gasteiger partial charge in [-0.2, -0.15) is 5.10 Å². The van der Waals surface area contributed by atoms with E-state index in [1.165, 1.54) is 30.5 Å².